The third-order valence-electron chi connectivity index (χ3n) is 2.26. The van der Waals surface area contributed by atoms with Crippen LogP contribution in [-0.2, 0) is 0 Å². The normalized spacial score (nSPS) is 11.5. The summed E-state index contributed by atoms with van der Waals surface area (Å²) >= 11 is 1.56. The number of alkyl halides is 2. The van der Waals surface area contributed by atoms with Crippen molar-refractivity contribution in [1.29, 1.82) is 0 Å². The fourth-order valence-electron chi connectivity index (χ4n) is 1.58. The van der Waals surface area contributed by atoms with Crippen molar-refractivity contribution in [2.75, 3.05) is 0 Å². The Morgan fingerprint density at radius 3 is 2.50 bits per heavy atom. The fraction of sp³-hybridized carbons (Fsp3) is 0.273. The molecule has 0 N–H and O–H groups in total. The quantitative estimate of drug-likeness (QED) is 0.654. The van der Waals surface area contributed by atoms with Crippen LogP contribution >= 0.6 is 11.3 Å². The van der Waals surface area contributed by atoms with E-state index in [1.807, 2.05) is 19.1 Å². The molecule has 3 heteroatoms. The highest BCUT2D eigenvalue weighted by atomic mass is 32.1. The van der Waals surface area contributed by atoms with E-state index in [1.165, 1.54) is 0 Å². The summed E-state index contributed by atoms with van der Waals surface area (Å²) in [5, 5.41) is 1.06. The van der Waals surface area contributed by atoms with Gasteiger partial charge in [-0.1, -0.05) is 6.07 Å². The van der Waals surface area contributed by atoms with Gasteiger partial charge in [0.05, 0.1) is 0 Å². The van der Waals surface area contributed by atoms with Crippen LogP contribution in [0.4, 0.5) is 8.78 Å². The molecule has 0 spiro atoms. The summed E-state index contributed by atoms with van der Waals surface area (Å²) in [5.74, 6) is 0. The minimum Gasteiger partial charge on any atom is -0.205 e. The van der Waals surface area contributed by atoms with E-state index in [1.54, 1.807) is 24.3 Å². The van der Waals surface area contributed by atoms with Crippen molar-refractivity contribution in [3.05, 3.63) is 34.2 Å². The van der Waals surface area contributed by atoms with E-state index < -0.39 is 6.43 Å². The molecule has 0 nitrogen and oxygen atoms in total. The molecule has 0 aliphatic carbocycles. The predicted octanol–water partition coefficient (Wildman–Crippen LogP) is 4.46. The largest absolute Gasteiger partial charge is 0.264 e. The molecule has 0 radical (unpaired) electrons. The van der Waals surface area contributed by atoms with Crippen LogP contribution in [-0.4, -0.2) is 0 Å². The van der Waals surface area contributed by atoms with Gasteiger partial charge in [-0.25, -0.2) is 8.78 Å². The fourth-order valence-corrected chi connectivity index (χ4v) is 2.54. The average Bonchev–Trinajstić information content (AvgIpc) is 2.42. The molecule has 1 heterocycles. The second kappa shape index (κ2) is 3.31. The van der Waals surface area contributed by atoms with Crippen molar-refractivity contribution < 1.29 is 8.78 Å². The summed E-state index contributed by atoms with van der Waals surface area (Å²) in [4.78, 5) is 1.16. The molecule has 0 aliphatic heterocycles. The van der Waals surface area contributed by atoms with Gasteiger partial charge in [0, 0.05) is 15.1 Å². The summed E-state index contributed by atoms with van der Waals surface area (Å²) in [6.45, 7) is 3.72. The molecule has 1 aromatic heterocycles. The molecule has 0 atom stereocenters. The van der Waals surface area contributed by atoms with Crippen LogP contribution in [0.3, 0.4) is 0 Å². The molecular weight excluding hydrogens is 202 g/mol. The maximum atomic E-state index is 12.6. The lowest BCUT2D eigenvalue weighted by Crippen LogP contribution is -1.87. The molecule has 0 fully saturated rings. The van der Waals surface area contributed by atoms with Gasteiger partial charge in [0.1, 0.15) is 0 Å². The Bertz CT molecular complexity index is 471. The topological polar surface area (TPSA) is 0 Å². The van der Waals surface area contributed by atoms with Gasteiger partial charge in [-0.15, -0.1) is 11.3 Å². The van der Waals surface area contributed by atoms with Crippen molar-refractivity contribution in [3.63, 3.8) is 0 Å². The highest BCUT2D eigenvalue weighted by Crippen LogP contribution is 2.31. The number of hydrogen-bond donors (Lipinski definition) is 0. The molecule has 0 saturated carbocycles. The lowest BCUT2D eigenvalue weighted by Gasteiger charge is -2.03. The molecule has 2 aromatic rings. The Morgan fingerprint density at radius 2 is 1.86 bits per heavy atom. The summed E-state index contributed by atoms with van der Waals surface area (Å²) in [5.41, 5.74) is 0.824. The van der Waals surface area contributed by atoms with Gasteiger partial charge < -0.3 is 0 Å². The second-order valence-corrected chi connectivity index (χ2v) is 4.69. The summed E-state index contributed by atoms with van der Waals surface area (Å²) in [7, 11) is 0. The molecule has 14 heavy (non-hydrogen) atoms. The van der Waals surface area contributed by atoms with Crippen molar-refractivity contribution in [2.24, 2.45) is 0 Å². The number of thiophene rings is 1. The Balaban J connectivity index is 2.70. The zero-order valence-corrected chi connectivity index (χ0v) is 8.79. The number of rotatable bonds is 1. The first-order valence-corrected chi connectivity index (χ1v) is 5.18. The Morgan fingerprint density at radius 1 is 1.14 bits per heavy atom. The van der Waals surface area contributed by atoms with Gasteiger partial charge in [0.15, 0.2) is 0 Å². The molecule has 0 saturated heterocycles. The number of aryl methyl sites for hydroxylation is 2. The maximum absolute atomic E-state index is 12.6. The first-order valence-electron chi connectivity index (χ1n) is 4.37. The lowest BCUT2D eigenvalue weighted by molar-refractivity contribution is 0.151. The second-order valence-electron chi connectivity index (χ2n) is 3.40. The standard InChI is InChI=1S/C11H10F2S/c1-6-3-8-4-7(2)14-10(8)5-9(6)11(12)13/h3-5,11H,1-2H3. The van der Waals surface area contributed by atoms with Gasteiger partial charge >= 0.3 is 0 Å². The number of fused-ring (bicyclic) bond motifs is 1. The van der Waals surface area contributed by atoms with Crippen LogP contribution in [0, 0.1) is 13.8 Å². The van der Waals surface area contributed by atoms with Gasteiger partial charge in [0.2, 0.25) is 0 Å². The molecule has 1 aromatic carbocycles. The lowest BCUT2D eigenvalue weighted by atomic mass is 10.1. The molecule has 0 aliphatic rings. The van der Waals surface area contributed by atoms with E-state index in [4.69, 9.17) is 0 Å². The van der Waals surface area contributed by atoms with Crippen molar-refractivity contribution in [2.45, 2.75) is 20.3 Å². The molecule has 0 unspecified atom stereocenters. The van der Waals surface area contributed by atoms with Gasteiger partial charge in [-0.2, -0.15) is 0 Å². The van der Waals surface area contributed by atoms with E-state index in [0.29, 0.717) is 5.56 Å². The Hall–Kier alpha value is -0.960. The summed E-state index contributed by atoms with van der Waals surface area (Å²) in [6, 6.07) is 5.47. The highest BCUT2D eigenvalue weighted by Gasteiger charge is 2.12. The van der Waals surface area contributed by atoms with E-state index >= 15 is 0 Å². The van der Waals surface area contributed by atoms with E-state index in [0.717, 1.165) is 15.0 Å². The first-order chi connectivity index (χ1) is 6.58. The summed E-state index contributed by atoms with van der Waals surface area (Å²) in [6.07, 6.45) is -2.37. The summed E-state index contributed by atoms with van der Waals surface area (Å²) < 4.78 is 26.1. The van der Waals surface area contributed by atoms with Crippen LogP contribution in [0.5, 0.6) is 0 Å². The van der Waals surface area contributed by atoms with E-state index in [2.05, 4.69) is 0 Å². The predicted molar refractivity (Wildman–Crippen MR) is 56.3 cm³/mol. The number of halogens is 2. The van der Waals surface area contributed by atoms with Crippen molar-refractivity contribution in [3.8, 4) is 0 Å². The van der Waals surface area contributed by atoms with E-state index in [9.17, 15) is 8.78 Å². The minimum absolute atomic E-state index is 0.152. The molecular formula is C11H10F2S. The number of hydrogen-bond acceptors (Lipinski definition) is 1. The SMILES string of the molecule is Cc1cc2cc(C)c(C(F)F)cc2s1. The zero-order chi connectivity index (χ0) is 10.3. The van der Waals surface area contributed by atoms with Crippen LogP contribution in [0.1, 0.15) is 22.4 Å². The zero-order valence-electron chi connectivity index (χ0n) is 7.97. The third kappa shape index (κ3) is 1.52. The van der Waals surface area contributed by atoms with Crippen LogP contribution < -0.4 is 0 Å². The van der Waals surface area contributed by atoms with Gasteiger partial charge in [0.25, 0.3) is 6.43 Å². The van der Waals surface area contributed by atoms with E-state index in [-0.39, 0.29) is 5.56 Å². The molecule has 0 amide bonds. The maximum Gasteiger partial charge on any atom is 0.264 e. The van der Waals surface area contributed by atoms with Gasteiger partial charge in [-0.3, -0.25) is 0 Å². The molecule has 0 bridgehead atoms. The highest BCUT2D eigenvalue weighted by molar-refractivity contribution is 7.19. The monoisotopic (exact) mass is 212 g/mol. The molecule has 74 valence electrons. The van der Waals surface area contributed by atoms with Gasteiger partial charge in [-0.05, 0) is 36.9 Å². The van der Waals surface area contributed by atoms with Crippen LogP contribution in [0.2, 0.25) is 0 Å². The number of benzene rings is 1. The smallest absolute Gasteiger partial charge is 0.205 e. The third-order valence-corrected chi connectivity index (χ3v) is 3.28. The molecule has 2 rings (SSSR count). The average molecular weight is 212 g/mol. The Kier molecular flexibility index (Phi) is 2.27. The van der Waals surface area contributed by atoms with Crippen LogP contribution in [0.25, 0.3) is 10.1 Å². The first kappa shape index (κ1) is 9.59. The van der Waals surface area contributed by atoms with Crippen molar-refractivity contribution >= 4 is 21.4 Å². The minimum atomic E-state index is -2.37. The van der Waals surface area contributed by atoms with Crippen molar-refractivity contribution in [1.82, 2.24) is 0 Å². The Labute approximate surface area is 85.2 Å². The van der Waals surface area contributed by atoms with Crippen LogP contribution in [0.15, 0.2) is 18.2 Å².